The predicted octanol–water partition coefficient (Wildman–Crippen LogP) is 6.50. The number of ether oxygens (including phenoxy) is 1. The quantitative estimate of drug-likeness (QED) is 0.220. The Morgan fingerprint density at radius 2 is 1.57 bits per heavy atom. The summed E-state index contributed by atoms with van der Waals surface area (Å²) in [5.41, 5.74) is 7.81. The summed E-state index contributed by atoms with van der Waals surface area (Å²) in [5, 5.41) is 0.697. The highest BCUT2D eigenvalue weighted by Gasteiger charge is 2.26. The van der Waals surface area contributed by atoms with Crippen molar-refractivity contribution in [3.63, 3.8) is 0 Å². The second-order valence-corrected chi connectivity index (χ2v) is 14.5. The number of likely N-dealkylation sites (tertiary alicyclic amines) is 1. The van der Waals surface area contributed by atoms with E-state index in [0.717, 1.165) is 48.2 Å². The van der Waals surface area contributed by atoms with Crippen LogP contribution in [-0.4, -0.2) is 73.4 Å². The van der Waals surface area contributed by atoms with Crippen LogP contribution >= 0.6 is 0 Å². The SMILES string of the molecule is Cc1ccc(S(=O)(=O)n2cc(-c3ccc4c(c3)OCCN(C)C4=O)c3cc(-c4ccc(C5CCN(C)CC5)c(C)c4)cnc32)cc1. The molecule has 0 radical (unpaired) electrons. The van der Waals surface area contributed by atoms with E-state index in [1.165, 1.54) is 15.1 Å². The highest BCUT2D eigenvalue weighted by atomic mass is 32.2. The number of fused-ring (bicyclic) bond motifs is 2. The fraction of sp³-hybridized carbons (Fsp3) is 0.297. The third-order valence-corrected chi connectivity index (χ3v) is 11.2. The number of carbonyl (C=O) groups is 1. The van der Waals surface area contributed by atoms with E-state index in [9.17, 15) is 13.2 Å². The molecule has 0 aliphatic carbocycles. The Morgan fingerprint density at radius 1 is 0.826 bits per heavy atom. The zero-order valence-electron chi connectivity index (χ0n) is 26.7. The normalized spacial score (nSPS) is 16.3. The maximum Gasteiger partial charge on any atom is 0.269 e. The van der Waals surface area contributed by atoms with E-state index < -0.39 is 10.0 Å². The van der Waals surface area contributed by atoms with Crippen molar-refractivity contribution < 1.29 is 17.9 Å². The molecule has 2 aliphatic heterocycles. The minimum Gasteiger partial charge on any atom is -0.491 e. The molecule has 0 atom stereocenters. The number of carbonyl (C=O) groups excluding carboxylic acids is 1. The zero-order valence-corrected chi connectivity index (χ0v) is 27.5. The molecule has 1 saturated heterocycles. The van der Waals surface area contributed by atoms with Gasteiger partial charge in [-0.1, -0.05) is 42.0 Å². The summed E-state index contributed by atoms with van der Waals surface area (Å²) in [6.45, 7) is 7.18. The topological polar surface area (TPSA) is 84.7 Å². The Balaban J connectivity index is 1.36. The van der Waals surface area contributed by atoms with Gasteiger partial charge in [0.2, 0.25) is 0 Å². The molecule has 5 aromatic rings. The number of hydrogen-bond acceptors (Lipinski definition) is 6. The zero-order chi connectivity index (χ0) is 32.2. The molecule has 0 spiro atoms. The lowest BCUT2D eigenvalue weighted by Crippen LogP contribution is -2.29. The van der Waals surface area contributed by atoms with E-state index in [-0.39, 0.29) is 10.8 Å². The second kappa shape index (κ2) is 11.7. The molecule has 0 unspecified atom stereocenters. The molecule has 9 heteroatoms. The van der Waals surface area contributed by atoms with E-state index >= 15 is 0 Å². The molecule has 4 heterocycles. The molecule has 7 rings (SSSR count). The molecular weight excluding hydrogens is 596 g/mol. The maximum atomic E-state index is 14.0. The minimum atomic E-state index is -3.96. The highest BCUT2D eigenvalue weighted by Crippen LogP contribution is 2.38. The Morgan fingerprint density at radius 3 is 2.30 bits per heavy atom. The lowest BCUT2D eigenvalue weighted by molar-refractivity contribution is 0.0796. The van der Waals surface area contributed by atoms with Gasteiger partial charge in [0, 0.05) is 36.0 Å². The van der Waals surface area contributed by atoms with Gasteiger partial charge in [-0.2, -0.15) is 0 Å². The third kappa shape index (κ3) is 5.37. The van der Waals surface area contributed by atoms with Crippen LogP contribution in [0, 0.1) is 13.8 Å². The van der Waals surface area contributed by atoms with Crippen molar-refractivity contribution in [1.82, 2.24) is 18.8 Å². The molecule has 46 heavy (non-hydrogen) atoms. The summed E-state index contributed by atoms with van der Waals surface area (Å²) in [4.78, 5) is 21.9. The summed E-state index contributed by atoms with van der Waals surface area (Å²) >= 11 is 0. The van der Waals surface area contributed by atoms with Crippen LogP contribution < -0.4 is 4.74 Å². The Hall–Kier alpha value is -4.47. The lowest BCUT2D eigenvalue weighted by atomic mass is 9.86. The number of aromatic nitrogens is 2. The van der Waals surface area contributed by atoms with Gasteiger partial charge in [-0.15, -0.1) is 0 Å². The van der Waals surface area contributed by atoms with Crippen LogP contribution in [0.4, 0.5) is 0 Å². The molecule has 0 N–H and O–H groups in total. The van der Waals surface area contributed by atoms with Crippen LogP contribution in [-0.2, 0) is 10.0 Å². The number of rotatable bonds is 5. The smallest absolute Gasteiger partial charge is 0.269 e. The van der Waals surface area contributed by atoms with Crippen molar-refractivity contribution in [3.8, 4) is 28.0 Å². The summed E-state index contributed by atoms with van der Waals surface area (Å²) in [6.07, 6.45) is 5.70. The molecule has 2 aromatic heterocycles. The Kier molecular flexibility index (Phi) is 7.69. The molecule has 1 amide bonds. The van der Waals surface area contributed by atoms with E-state index in [1.807, 2.05) is 25.1 Å². The van der Waals surface area contributed by atoms with Crippen molar-refractivity contribution >= 4 is 27.0 Å². The third-order valence-electron chi connectivity index (χ3n) is 9.51. The first-order chi connectivity index (χ1) is 22.1. The summed E-state index contributed by atoms with van der Waals surface area (Å²) in [6, 6.07) is 20.9. The lowest BCUT2D eigenvalue weighted by Gasteiger charge is -2.30. The van der Waals surface area contributed by atoms with Gasteiger partial charge in [0.05, 0.1) is 17.0 Å². The van der Waals surface area contributed by atoms with Crippen molar-refractivity contribution in [2.24, 2.45) is 0 Å². The van der Waals surface area contributed by atoms with Crippen molar-refractivity contribution in [3.05, 3.63) is 101 Å². The number of amides is 1. The first kappa shape index (κ1) is 30.2. The van der Waals surface area contributed by atoms with E-state index in [0.29, 0.717) is 47.0 Å². The number of benzene rings is 3. The summed E-state index contributed by atoms with van der Waals surface area (Å²) in [7, 11) is -0.0187. The number of likely N-dealkylation sites (N-methyl/N-ethyl adjacent to an activating group) is 1. The fourth-order valence-corrected chi connectivity index (χ4v) is 8.02. The van der Waals surface area contributed by atoms with Gasteiger partial charge < -0.3 is 14.5 Å². The van der Waals surface area contributed by atoms with Crippen LogP contribution in [0.15, 0.2) is 84.0 Å². The number of nitrogens with zero attached hydrogens (tertiary/aromatic N) is 4. The van der Waals surface area contributed by atoms with Crippen LogP contribution in [0.1, 0.15) is 45.8 Å². The first-order valence-electron chi connectivity index (χ1n) is 15.8. The second-order valence-electron chi connectivity index (χ2n) is 12.7. The first-order valence-corrected chi connectivity index (χ1v) is 17.2. The number of aryl methyl sites for hydroxylation is 2. The maximum absolute atomic E-state index is 14.0. The molecule has 2 aliphatic rings. The Labute approximate surface area is 270 Å². The van der Waals surface area contributed by atoms with Crippen molar-refractivity contribution in [2.45, 2.75) is 37.5 Å². The number of piperidine rings is 1. The summed E-state index contributed by atoms with van der Waals surface area (Å²) < 4.78 is 35.3. The van der Waals surface area contributed by atoms with Crippen molar-refractivity contribution in [1.29, 1.82) is 0 Å². The average Bonchev–Trinajstić information content (AvgIpc) is 3.38. The molecule has 236 valence electrons. The van der Waals surface area contributed by atoms with Crippen LogP contribution in [0.3, 0.4) is 0 Å². The number of pyridine rings is 1. The molecule has 0 saturated carbocycles. The minimum absolute atomic E-state index is 0.105. The van der Waals surface area contributed by atoms with Crippen molar-refractivity contribution in [2.75, 3.05) is 40.3 Å². The molecular formula is C37H38N4O4S. The van der Waals surface area contributed by atoms with E-state index in [2.05, 4.69) is 37.1 Å². The number of hydrogen-bond donors (Lipinski definition) is 0. The largest absolute Gasteiger partial charge is 0.491 e. The van der Waals surface area contributed by atoms with Gasteiger partial charge in [-0.25, -0.2) is 17.4 Å². The average molecular weight is 635 g/mol. The molecule has 0 bridgehead atoms. The van der Waals surface area contributed by atoms with Gasteiger partial charge in [0.1, 0.15) is 12.4 Å². The predicted molar refractivity (Wildman–Crippen MR) is 181 cm³/mol. The van der Waals surface area contributed by atoms with E-state index in [1.54, 1.807) is 54.7 Å². The van der Waals surface area contributed by atoms with Gasteiger partial charge >= 0.3 is 0 Å². The fourth-order valence-electron chi connectivity index (χ4n) is 6.69. The summed E-state index contributed by atoms with van der Waals surface area (Å²) in [5.74, 6) is 0.936. The Bertz CT molecular complexity index is 2080. The molecule has 1 fully saturated rings. The van der Waals surface area contributed by atoms with Gasteiger partial charge in [-0.05, 0) is 105 Å². The standard InChI is InChI=1S/C37H38N4O4S/c1-24-5-9-30(10-6-24)46(43,44)41-23-34(28-8-12-32-35(21-28)45-18-17-40(4)37(32)42)33-20-29(22-38-36(33)41)27-7-11-31(25(2)19-27)26-13-15-39(3)16-14-26/h5-12,19-23,26H,13-18H2,1-4H3. The van der Waals surface area contributed by atoms with Gasteiger partial charge in [-0.3, -0.25) is 4.79 Å². The highest BCUT2D eigenvalue weighted by molar-refractivity contribution is 7.90. The van der Waals surface area contributed by atoms with Crippen LogP contribution in [0.5, 0.6) is 5.75 Å². The van der Waals surface area contributed by atoms with Gasteiger partial charge in [0.15, 0.2) is 5.65 Å². The molecule has 3 aromatic carbocycles. The van der Waals surface area contributed by atoms with E-state index in [4.69, 9.17) is 9.72 Å². The van der Waals surface area contributed by atoms with Gasteiger partial charge in [0.25, 0.3) is 15.9 Å². The molecule has 8 nitrogen and oxygen atoms in total. The van der Waals surface area contributed by atoms with Crippen LogP contribution in [0.2, 0.25) is 0 Å². The monoisotopic (exact) mass is 634 g/mol. The van der Waals surface area contributed by atoms with Crippen LogP contribution in [0.25, 0.3) is 33.3 Å².